The zero-order valence-electron chi connectivity index (χ0n) is 16.1. The van der Waals surface area contributed by atoms with Gasteiger partial charge in [0.05, 0.1) is 19.1 Å². The Morgan fingerprint density at radius 1 is 1.15 bits per heavy atom. The number of benzene rings is 2. The Bertz CT molecular complexity index is 766. The third-order valence-electron chi connectivity index (χ3n) is 4.91. The molecular formula is C21H29ClN2O3. The third-order valence-corrected chi connectivity index (χ3v) is 4.91. The number of fused-ring (bicyclic) bond motifs is 1. The molecule has 2 aromatic rings. The second-order valence-corrected chi connectivity index (χ2v) is 6.76. The van der Waals surface area contributed by atoms with Crippen LogP contribution in [0, 0.1) is 11.8 Å². The lowest BCUT2D eigenvalue weighted by Crippen LogP contribution is -2.47. The van der Waals surface area contributed by atoms with E-state index >= 15 is 0 Å². The Balaban J connectivity index is 0.00000364. The number of hydrogen-bond acceptors (Lipinski definition) is 4. The van der Waals surface area contributed by atoms with Gasteiger partial charge in [-0.1, -0.05) is 62.7 Å². The summed E-state index contributed by atoms with van der Waals surface area (Å²) in [6.07, 6.45) is 1.32. The molecule has 2 aromatic carbocycles. The molecule has 0 saturated heterocycles. The van der Waals surface area contributed by atoms with E-state index in [1.807, 2.05) is 50.2 Å². The van der Waals surface area contributed by atoms with Crippen molar-refractivity contribution in [2.24, 2.45) is 17.6 Å². The lowest BCUT2D eigenvalue weighted by atomic mass is 9.96. The second kappa shape index (κ2) is 10.9. The van der Waals surface area contributed by atoms with Crippen LogP contribution < -0.4 is 11.1 Å². The highest BCUT2D eigenvalue weighted by molar-refractivity contribution is 5.85. The van der Waals surface area contributed by atoms with E-state index in [9.17, 15) is 9.59 Å². The number of carbonyl (C=O) groups excluding carboxylic acids is 2. The maximum atomic E-state index is 12.2. The first kappa shape index (κ1) is 22.9. The van der Waals surface area contributed by atoms with Crippen molar-refractivity contribution in [3.05, 3.63) is 48.0 Å². The predicted octanol–water partition coefficient (Wildman–Crippen LogP) is 3.08. The molecule has 0 spiro atoms. The lowest BCUT2D eigenvalue weighted by Gasteiger charge is -2.20. The molecule has 3 atom stereocenters. The average Bonchev–Trinajstić information content (AvgIpc) is 2.68. The predicted molar refractivity (Wildman–Crippen MR) is 111 cm³/mol. The summed E-state index contributed by atoms with van der Waals surface area (Å²) in [5, 5.41) is 5.08. The van der Waals surface area contributed by atoms with Gasteiger partial charge in [0.15, 0.2) is 0 Å². The minimum Gasteiger partial charge on any atom is -0.469 e. The lowest BCUT2D eigenvalue weighted by molar-refractivity contribution is -0.145. The summed E-state index contributed by atoms with van der Waals surface area (Å²) in [6, 6.07) is 13.6. The molecule has 0 aliphatic heterocycles. The number of methoxy groups -OCH3 is 1. The molecule has 0 heterocycles. The van der Waals surface area contributed by atoms with Gasteiger partial charge in [-0.05, 0) is 28.7 Å². The Kier molecular flexibility index (Phi) is 9.26. The smallest absolute Gasteiger partial charge is 0.310 e. The number of nitrogens with one attached hydrogen (secondary N) is 1. The van der Waals surface area contributed by atoms with Gasteiger partial charge in [0, 0.05) is 6.54 Å². The number of carbonyl (C=O) groups is 2. The van der Waals surface area contributed by atoms with Crippen LogP contribution in [0.25, 0.3) is 10.8 Å². The first-order chi connectivity index (χ1) is 12.5. The van der Waals surface area contributed by atoms with E-state index in [-0.39, 0.29) is 36.7 Å². The summed E-state index contributed by atoms with van der Waals surface area (Å²) in [5.74, 6) is -0.927. The maximum absolute atomic E-state index is 12.2. The summed E-state index contributed by atoms with van der Waals surface area (Å²) in [6.45, 7) is 4.15. The molecule has 0 aromatic heterocycles. The summed E-state index contributed by atoms with van der Waals surface area (Å²) in [4.78, 5) is 24.3. The Labute approximate surface area is 167 Å². The standard InChI is InChI=1S/C21H28N2O3.ClH/c1-4-14(2)19(22)20(24)23-13-18(21(25)26-3)12-15-9-10-16-7-5-6-8-17(16)11-15;/h5-11,14,18-19H,4,12-13,22H2,1-3H3,(H,23,24);1H. The molecule has 0 aliphatic rings. The average molecular weight is 393 g/mol. The van der Waals surface area contributed by atoms with Crippen molar-refractivity contribution in [2.45, 2.75) is 32.7 Å². The van der Waals surface area contributed by atoms with Gasteiger partial charge in [0.25, 0.3) is 0 Å². The first-order valence-electron chi connectivity index (χ1n) is 9.05. The molecule has 0 bridgehead atoms. The summed E-state index contributed by atoms with van der Waals surface area (Å²) < 4.78 is 4.91. The summed E-state index contributed by atoms with van der Waals surface area (Å²) in [5.41, 5.74) is 6.98. The van der Waals surface area contributed by atoms with Gasteiger partial charge in [-0.25, -0.2) is 0 Å². The highest BCUT2D eigenvalue weighted by Gasteiger charge is 2.24. The molecule has 5 nitrogen and oxygen atoms in total. The molecule has 0 aliphatic carbocycles. The third kappa shape index (κ3) is 6.22. The number of esters is 1. The normalized spacial score (nSPS) is 13.9. The van der Waals surface area contributed by atoms with Crippen molar-refractivity contribution in [3.63, 3.8) is 0 Å². The largest absolute Gasteiger partial charge is 0.469 e. The molecule has 3 unspecified atom stereocenters. The van der Waals surface area contributed by atoms with Gasteiger partial charge >= 0.3 is 5.97 Å². The van der Waals surface area contributed by atoms with E-state index in [1.165, 1.54) is 7.11 Å². The Hall–Kier alpha value is -2.11. The van der Waals surface area contributed by atoms with Crippen molar-refractivity contribution >= 4 is 35.1 Å². The van der Waals surface area contributed by atoms with Crippen LogP contribution >= 0.6 is 12.4 Å². The molecule has 1 amide bonds. The minimum absolute atomic E-state index is 0. The van der Waals surface area contributed by atoms with Crippen molar-refractivity contribution in [1.29, 1.82) is 0 Å². The quantitative estimate of drug-likeness (QED) is 0.676. The second-order valence-electron chi connectivity index (χ2n) is 6.76. The van der Waals surface area contributed by atoms with Crippen LogP contribution in [-0.4, -0.2) is 31.6 Å². The number of rotatable bonds is 8. The zero-order valence-corrected chi connectivity index (χ0v) is 16.9. The first-order valence-corrected chi connectivity index (χ1v) is 9.05. The van der Waals surface area contributed by atoms with E-state index in [2.05, 4.69) is 11.4 Å². The van der Waals surface area contributed by atoms with Crippen LogP contribution in [0.15, 0.2) is 42.5 Å². The van der Waals surface area contributed by atoms with Crippen LogP contribution in [0.5, 0.6) is 0 Å². The minimum atomic E-state index is -0.570. The monoisotopic (exact) mass is 392 g/mol. The summed E-state index contributed by atoms with van der Waals surface area (Å²) in [7, 11) is 1.36. The zero-order chi connectivity index (χ0) is 19.1. The Morgan fingerprint density at radius 2 is 1.81 bits per heavy atom. The fourth-order valence-corrected chi connectivity index (χ4v) is 2.91. The van der Waals surface area contributed by atoms with E-state index in [0.717, 1.165) is 22.8 Å². The van der Waals surface area contributed by atoms with Crippen molar-refractivity contribution in [3.8, 4) is 0 Å². The fourth-order valence-electron chi connectivity index (χ4n) is 2.91. The van der Waals surface area contributed by atoms with Crippen LogP contribution in [0.2, 0.25) is 0 Å². The van der Waals surface area contributed by atoms with Crippen LogP contribution in [0.1, 0.15) is 25.8 Å². The van der Waals surface area contributed by atoms with Gasteiger partial charge in [0.2, 0.25) is 5.91 Å². The van der Waals surface area contributed by atoms with Crippen LogP contribution in [-0.2, 0) is 20.7 Å². The molecule has 2 rings (SSSR count). The van der Waals surface area contributed by atoms with Gasteiger partial charge in [-0.3, -0.25) is 9.59 Å². The molecule has 0 radical (unpaired) electrons. The molecule has 148 valence electrons. The molecule has 0 fully saturated rings. The number of nitrogens with two attached hydrogens (primary N) is 1. The van der Waals surface area contributed by atoms with Crippen molar-refractivity contribution in [1.82, 2.24) is 5.32 Å². The van der Waals surface area contributed by atoms with Gasteiger partial charge < -0.3 is 15.8 Å². The SMILES string of the molecule is CCC(C)C(N)C(=O)NCC(Cc1ccc2ccccc2c1)C(=O)OC.Cl. The molecule has 6 heteroatoms. The van der Waals surface area contributed by atoms with Gasteiger partial charge in [-0.2, -0.15) is 0 Å². The molecular weight excluding hydrogens is 364 g/mol. The van der Waals surface area contributed by atoms with Crippen LogP contribution in [0.3, 0.4) is 0 Å². The number of hydrogen-bond donors (Lipinski definition) is 2. The molecule has 27 heavy (non-hydrogen) atoms. The number of amides is 1. The topological polar surface area (TPSA) is 81.4 Å². The molecule has 0 saturated carbocycles. The van der Waals surface area contributed by atoms with E-state index in [4.69, 9.17) is 10.5 Å². The number of ether oxygens (including phenoxy) is 1. The van der Waals surface area contributed by atoms with E-state index < -0.39 is 12.0 Å². The van der Waals surface area contributed by atoms with E-state index in [1.54, 1.807) is 0 Å². The molecule has 3 N–H and O–H groups in total. The van der Waals surface area contributed by atoms with E-state index in [0.29, 0.717) is 6.42 Å². The highest BCUT2D eigenvalue weighted by atomic mass is 35.5. The highest BCUT2D eigenvalue weighted by Crippen LogP contribution is 2.18. The van der Waals surface area contributed by atoms with Crippen molar-refractivity contribution < 1.29 is 14.3 Å². The van der Waals surface area contributed by atoms with Gasteiger partial charge in [-0.15, -0.1) is 12.4 Å². The maximum Gasteiger partial charge on any atom is 0.310 e. The van der Waals surface area contributed by atoms with Crippen molar-refractivity contribution in [2.75, 3.05) is 13.7 Å². The fraction of sp³-hybridized carbons (Fsp3) is 0.429. The Morgan fingerprint density at radius 3 is 2.44 bits per heavy atom. The number of halogens is 1. The van der Waals surface area contributed by atoms with Crippen LogP contribution in [0.4, 0.5) is 0 Å². The summed E-state index contributed by atoms with van der Waals surface area (Å²) >= 11 is 0. The van der Waals surface area contributed by atoms with Gasteiger partial charge in [0.1, 0.15) is 0 Å².